The number of nitrogens with zero attached hydrogens (tertiary/aromatic N) is 1. The van der Waals surface area contributed by atoms with Crippen LogP contribution in [0, 0.1) is 12.8 Å². The maximum absolute atomic E-state index is 12.8. The van der Waals surface area contributed by atoms with Gasteiger partial charge in [0.1, 0.15) is 6.61 Å². The van der Waals surface area contributed by atoms with Crippen LogP contribution in [-0.4, -0.2) is 42.2 Å². The lowest BCUT2D eigenvalue weighted by atomic mass is 9.97. The summed E-state index contributed by atoms with van der Waals surface area (Å²) < 4.78 is 5.78. The van der Waals surface area contributed by atoms with Gasteiger partial charge in [0.2, 0.25) is 5.91 Å². The van der Waals surface area contributed by atoms with E-state index in [-0.39, 0.29) is 17.6 Å². The number of aromatic hydroxyl groups is 1. The monoisotopic (exact) mass is 352 g/mol. The average molecular weight is 352 g/mol. The van der Waals surface area contributed by atoms with E-state index in [9.17, 15) is 9.90 Å². The topological polar surface area (TPSA) is 61.8 Å². The molecule has 2 aromatic rings. The Morgan fingerprint density at radius 3 is 2.92 bits per heavy atom. The largest absolute Gasteiger partial charge is 0.504 e. The van der Waals surface area contributed by atoms with E-state index in [1.165, 1.54) is 0 Å². The van der Waals surface area contributed by atoms with Gasteiger partial charge in [-0.05, 0) is 48.7 Å². The van der Waals surface area contributed by atoms with Crippen LogP contribution in [-0.2, 0) is 11.3 Å². The van der Waals surface area contributed by atoms with Gasteiger partial charge in [0, 0.05) is 18.7 Å². The zero-order chi connectivity index (χ0) is 18.1. The van der Waals surface area contributed by atoms with E-state index >= 15 is 0 Å². The summed E-state index contributed by atoms with van der Waals surface area (Å²) in [6, 6.07) is 11.9. The van der Waals surface area contributed by atoms with Crippen LogP contribution in [0.3, 0.4) is 0 Å². The van der Waals surface area contributed by atoms with Crippen LogP contribution < -0.4 is 10.1 Å². The summed E-state index contributed by atoms with van der Waals surface area (Å²) in [5.41, 5.74) is 4.03. The van der Waals surface area contributed by atoms with Gasteiger partial charge in [-0.2, -0.15) is 0 Å². The van der Waals surface area contributed by atoms with Crippen LogP contribution in [0.5, 0.6) is 11.5 Å². The first-order chi connectivity index (χ1) is 12.6. The van der Waals surface area contributed by atoms with E-state index in [1.807, 2.05) is 29.2 Å². The molecule has 0 bridgehead atoms. The highest BCUT2D eigenvalue weighted by atomic mass is 16.5. The minimum Gasteiger partial charge on any atom is -0.504 e. The zero-order valence-corrected chi connectivity index (χ0v) is 15.0. The maximum atomic E-state index is 12.8. The smallest absolute Gasteiger partial charge is 0.227 e. The van der Waals surface area contributed by atoms with Crippen LogP contribution in [0.2, 0.25) is 0 Å². The predicted molar refractivity (Wildman–Crippen MR) is 100 cm³/mol. The number of carbonyl (C=O) groups is 1. The lowest BCUT2D eigenvalue weighted by Gasteiger charge is -2.23. The number of amides is 1. The molecule has 2 aliphatic rings. The maximum Gasteiger partial charge on any atom is 0.227 e. The minimum absolute atomic E-state index is 0.0460. The molecule has 0 saturated carbocycles. The van der Waals surface area contributed by atoms with Crippen molar-refractivity contribution < 1.29 is 14.6 Å². The van der Waals surface area contributed by atoms with Crippen molar-refractivity contribution in [2.24, 2.45) is 5.92 Å². The summed E-state index contributed by atoms with van der Waals surface area (Å²) in [5, 5.41) is 13.8. The fourth-order valence-electron chi connectivity index (χ4n) is 3.86. The second-order valence-corrected chi connectivity index (χ2v) is 7.10. The fraction of sp³-hybridized carbons (Fsp3) is 0.381. The lowest BCUT2D eigenvalue weighted by molar-refractivity contribution is -0.135. The molecule has 0 aromatic heterocycles. The molecule has 26 heavy (non-hydrogen) atoms. The molecule has 5 heteroatoms. The highest BCUT2D eigenvalue weighted by molar-refractivity contribution is 5.80. The van der Waals surface area contributed by atoms with E-state index in [0.717, 1.165) is 41.8 Å². The second-order valence-electron chi connectivity index (χ2n) is 7.10. The molecule has 0 radical (unpaired) electrons. The molecular formula is C21H24N2O3. The molecule has 2 N–H and O–H groups in total. The van der Waals surface area contributed by atoms with Crippen LogP contribution in [0.1, 0.15) is 17.5 Å². The third-order valence-corrected chi connectivity index (χ3v) is 5.29. The third-order valence-electron chi connectivity index (χ3n) is 5.29. The molecule has 2 heterocycles. The normalized spacial score (nSPS) is 19.6. The minimum atomic E-state index is 0.0460. The molecule has 4 rings (SSSR count). The molecule has 1 unspecified atom stereocenters. The Balaban J connectivity index is 1.68. The first kappa shape index (κ1) is 16.9. The summed E-state index contributed by atoms with van der Waals surface area (Å²) in [5.74, 6) is 0.858. The zero-order valence-electron chi connectivity index (χ0n) is 15.0. The molecular weight excluding hydrogens is 328 g/mol. The average Bonchev–Trinajstić information content (AvgIpc) is 3.08. The third kappa shape index (κ3) is 3.15. The van der Waals surface area contributed by atoms with Gasteiger partial charge in [-0.3, -0.25) is 4.79 Å². The summed E-state index contributed by atoms with van der Waals surface area (Å²) in [6.07, 6.45) is 0.886. The van der Waals surface area contributed by atoms with E-state index in [1.54, 1.807) is 6.07 Å². The summed E-state index contributed by atoms with van der Waals surface area (Å²) in [4.78, 5) is 14.7. The molecule has 136 valence electrons. The van der Waals surface area contributed by atoms with Crippen molar-refractivity contribution in [3.8, 4) is 22.6 Å². The Morgan fingerprint density at radius 1 is 1.31 bits per heavy atom. The number of benzene rings is 2. The highest BCUT2D eigenvalue weighted by Gasteiger charge is 2.29. The summed E-state index contributed by atoms with van der Waals surface area (Å²) >= 11 is 0. The standard InChI is InChI=1S/C21H24N2O3/c1-14-4-2-3-5-18(14)16-10-17-13-23(21(25)15-6-7-22-12-15)8-9-26-20(17)19(24)11-16/h2-5,10-11,15,22,24H,6-9,12-13H2,1H3. The van der Waals surface area contributed by atoms with Gasteiger partial charge in [0.25, 0.3) is 0 Å². The van der Waals surface area contributed by atoms with Crippen molar-refractivity contribution >= 4 is 5.91 Å². The van der Waals surface area contributed by atoms with E-state index in [0.29, 0.717) is 25.4 Å². The Morgan fingerprint density at radius 2 is 2.15 bits per heavy atom. The SMILES string of the molecule is Cc1ccccc1-c1cc(O)c2c(c1)CN(C(=O)C1CCNC1)CCO2. The molecule has 0 aliphatic carbocycles. The van der Waals surface area contributed by atoms with Crippen molar-refractivity contribution in [1.82, 2.24) is 10.2 Å². The summed E-state index contributed by atoms with van der Waals surface area (Å²) in [7, 11) is 0. The number of rotatable bonds is 2. The number of ether oxygens (including phenoxy) is 1. The molecule has 5 nitrogen and oxygen atoms in total. The number of hydrogen-bond donors (Lipinski definition) is 2. The number of phenolic OH excluding ortho intramolecular Hbond substituents is 1. The molecule has 0 spiro atoms. The van der Waals surface area contributed by atoms with Crippen molar-refractivity contribution in [2.45, 2.75) is 19.9 Å². The summed E-state index contributed by atoms with van der Waals surface area (Å²) in [6.45, 7) is 5.11. The van der Waals surface area contributed by atoms with Gasteiger partial charge in [-0.25, -0.2) is 0 Å². The van der Waals surface area contributed by atoms with Gasteiger partial charge >= 0.3 is 0 Å². The van der Waals surface area contributed by atoms with E-state index in [4.69, 9.17) is 4.74 Å². The number of fused-ring (bicyclic) bond motifs is 1. The second kappa shape index (κ2) is 7.00. The lowest BCUT2D eigenvalue weighted by Crippen LogP contribution is -2.37. The van der Waals surface area contributed by atoms with Gasteiger partial charge < -0.3 is 20.1 Å². The van der Waals surface area contributed by atoms with Crippen LogP contribution in [0.4, 0.5) is 0 Å². The highest BCUT2D eigenvalue weighted by Crippen LogP contribution is 2.38. The van der Waals surface area contributed by atoms with Gasteiger partial charge in [-0.1, -0.05) is 24.3 Å². The molecule has 2 aliphatic heterocycles. The number of carbonyl (C=O) groups excluding carboxylic acids is 1. The first-order valence-corrected chi connectivity index (χ1v) is 9.17. The molecule has 1 atom stereocenters. The first-order valence-electron chi connectivity index (χ1n) is 9.17. The number of hydrogen-bond acceptors (Lipinski definition) is 4. The number of phenols is 1. The number of nitrogens with one attached hydrogen (secondary N) is 1. The van der Waals surface area contributed by atoms with Crippen molar-refractivity contribution in [3.63, 3.8) is 0 Å². The van der Waals surface area contributed by atoms with Gasteiger partial charge in [0.15, 0.2) is 11.5 Å². The van der Waals surface area contributed by atoms with Crippen LogP contribution in [0.15, 0.2) is 36.4 Å². The molecule has 1 fully saturated rings. The molecule has 1 amide bonds. The Kier molecular flexibility index (Phi) is 4.55. The Labute approximate surface area is 153 Å². The van der Waals surface area contributed by atoms with Crippen LogP contribution in [0.25, 0.3) is 11.1 Å². The van der Waals surface area contributed by atoms with E-state index < -0.39 is 0 Å². The number of aryl methyl sites for hydroxylation is 1. The predicted octanol–water partition coefficient (Wildman–Crippen LogP) is 2.70. The van der Waals surface area contributed by atoms with Crippen LogP contribution >= 0.6 is 0 Å². The quantitative estimate of drug-likeness (QED) is 0.872. The van der Waals surface area contributed by atoms with Crippen molar-refractivity contribution in [2.75, 3.05) is 26.2 Å². The Bertz CT molecular complexity index is 828. The van der Waals surface area contributed by atoms with Gasteiger partial charge in [0.05, 0.1) is 12.5 Å². The Hall–Kier alpha value is -2.53. The fourth-order valence-corrected chi connectivity index (χ4v) is 3.86. The van der Waals surface area contributed by atoms with Crippen molar-refractivity contribution in [3.05, 3.63) is 47.5 Å². The van der Waals surface area contributed by atoms with Crippen molar-refractivity contribution in [1.29, 1.82) is 0 Å². The molecule has 1 saturated heterocycles. The van der Waals surface area contributed by atoms with E-state index in [2.05, 4.69) is 18.3 Å². The van der Waals surface area contributed by atoms with Gasteiger partial charge in [-0.15, -0.1) is 0 Å². The molecule has 2 aromatic carbocycles.